The van der Waals surface area contributed by atoms with Gasteiger partial charge in [0, 0.05) is 4.90 Å². The van der Waals surface area contributed by atoms with Crippen LogP contribution in [0.1, 0.15) is 35.6 Å². The zero-order valence-electron chi connectivity index (χ0n) is 20.1. The van der Waals surface area contributed by atoms with Gasteiger partial charge in [-0.15, -0.1) is 0 Å². The van der Waals surface area contributed by atoms with Crippen molar-refractivity contribution in [1.82, 2.24) is 0 Å². The number of benzene rings is 3. The van der Waals surface area contributed by atoms with Crippen molar-refractivity contribution in [2.45, 2.75) is 49.8 Å². The average molecular weight is 521 g/mol. The maximum absolute atomic E-state index is 12.8. The molecule has 0 aliphatic carbocycles. The number of carboxylic acids is 1. The summed E-state index contributed by atoms with van der Waals surface area (Å²) in [6, 6.07) is 13.9. The molecule has 0 atom stereocenters. The number of ether oxygens (including phenoxy) is 3. The summed E-state index contributed by atoms with van der Waals surface area (Å²) >= 11 is 1.52. The minimum atomic E-state index is -4.39. The summed E-state index contributed by atoms with van der Waals surface area (Å²) in [4.78, 5) is 12.7. The molecule has 1 N–H and O–H groups in total. The lowest BCUT2D eigenvalue weighted by molar-refractivity contribution is -0.139. The van der Waals surface area contributed by atoms with Crippen molar-refractivity contribution >= 4 is 17.7 Å². The van der Waals surface area contributed by atoms with Crippen LogP contribution < -0.4 is 14.2 Å². The Bertz CT molecular complexity index is 1190. The van der Waals surface area contributed by atoms with Crippen molar-refractivity contribution in [3.63, 3.8) is 0 Å². The number of alkyl halides is 3. The van der Waals surface area contributed by atoms with Gasteiger partial charge >= 0.3 is 12.1 Å². The molecular weight excluding hydrogens is 493 g/mol. The predicted octanol–water partition coefficient (Wildman–Crippen LogP) is 7.30. The molecule has 0 aliphatic rings. The van der Waals surface area contributed by atoms with E-state index >= 15 is 0 Å². The third-order valence-corrected chi connectivity index (χ3v) is 6.54. The van der Waals surface area contributed by atoms with Gasteiger partial charge in [-0.25, -0.2) is 4.79 Å². The van der Waals surface area contributed by atoms with E-state index < -0.39 is 24.3 Å². The van der Waals surface area contributed by atoms with Crippen LogP contribution in [0.4, 0.5) is 13.2 Å². The molecule has 5 nitrogen and oxygen atoms in total. The van der Waals surface area contributed by atoms with Gasteiger partial charge in [0.15, 0.2) is 6.61 Å². The van der Waals surface area contributed by atoms with Gasteiger partial charge in [-0.1, -0.05) is 24.8 Å². The molecule has 0 aliphatic heterocycles. The number of hydrogen-bond acceptors (Lipinski definition) is 5. The highest BCUT2D eigenvalue weighted by Gasteiger charge is 2.30. The normalized spacial score (nSPS) is 11.3. The second-order valence-electron chi connectivity index (χ2n) is 8.04. The number of hydrogen-bond donors (Lipinski definition) is 1. The van der Waals surface area contributed by atoms with E-state index in [0.717, 1.165) is 45.0 Å². The fraction of sp³-hybridized carbons (Fsp3) is 0.296. The largest absolute Gasteiger partial charge is 0.492 e. The molecule has 0 fully saturated rings. The molecule has 0 amide bonds. The molecule has 0 saturated carbocycles. The fourth-order valence-electron chi connectivity index (χ4n) is 3.25. The van der Waals surface area contributed by atoms with Gasteiger partial charge in [-0.05, 0) is 85.5 Å². The lowest BCUT2D eigenvalue weighted by Gasteiger charge is -2.16. The van der Waals surface area contributed by atoms with Gasteiger partial charge in [0.2, 0.25) is 0 Å². The van der Waals surface area contributed by atoms with Crippen molar-refractivity contribution in [3.05, 3.63) is 76.9 Å². The van der Waals surface area contributed by atoms with Gasteiger partial charge in [0.1, 0.15) is 23.9 Å². The molecule has 192 valence electrons. The molecule has 9 heteroatoms. The molecule has 0 heterocycles. The van der Waals surface area contributed by atoms with Crippen LogP contribution in [-0.4, -0.2) is 24.3 Å². The van der Waals surface area contributed by atoms with Crippen molar-refractivity contribution < 1.29 is 37.3 Å². The monoisotopic (exact) mass is 520 g/mol. The van der Waals surface area contributed by atoms with E-state index in [1.807, 2.05) is 45.0 Å². The SMILES string of the molecule is CCCOc1cc(COc2ccc(C(F)(F)F)cc2)ccc1Sc1ccc(OCC(=O)O)c(C)c1C. The highest BCUT2D eigenvalue weighted by Crippen LogP contribution is 2.40. The van der Waals surface area contributed by atoms with E-state index in [1.54, 1.807) is 6.07 Å². The van der Waals surface area contributed by atoms with Gasteiger partial charge in [-0.2, -0.15) is 13.2 Å². The molecule has 0 saturated heterocycles. The Morgan fingerprint density at radius 3 is 2.22 bits per heavy atom. The van der Waals surface area contributed by atoms with E-state index in [-0.39, 0.29) is 6.61 Å². The fourth-order valence-corrected chi connectivity index (χ4v) is 4.29. The van der Waals surface area contributed by atoms with Crippen LogP contribution in [0.3, 0.4) is 0 Å². The lowest BCUT2D eigenvalue weighted by Crippen LogP contribution is -2.10. The molecule has 3 aromatic carbocycles. The molecule has 0 unspecified atom stereocenters. The quantitative estimate of drug-likeness (QED) is 0.286. The Balaban J connectivity index is 1.76. The third-order valence-electron chi connectivity index (χ3n) is 5.32. The van der Waals surface area contributed by atoms with E-state index in [9.17, 15) is 18.0 Å². The minimum Gasteiger partial charge on any atom is -0.492 e. The smallest absolute Gasteiger partial charge is 0.416 e. The summed E-state index contributed by atoms with van der Waals surface area (Å²) in [5, 5.41) is 8.86. The number of carbonyl (C=O) groups is 1. The summed E-state index contributed by atoms with van der Waals surface area (Å²) in [6.07, 6.45) is -3.57. The topological polar surface area (TPSA) is 65.0 Å². The Morgan fingerprint density at radius 2 is 1.58 bits per heavy atom. The van der Waals surface area contributed by atoms with Crippen LogP contribution >= 0.6 is 11.8 Å². The molecule has 3 rings (SSSR count). The zero-order chi connectivity index (χ0) is 26.3. The molecule has 0 bridgehead atoms. The summed E-state index contributed by atoms with van der Waals surface area (Å²) < 4.78 is 55.3. The van der Waals surface area contributed by atoms with E-state index in [2.05, 4.69) is 0 Å². The average Bonchev–Trinajstić information content (AvgIpc) is 2.84. The standard InChI is InChI=1S/C27H27F3O5S/c1-4-13-33-23-14-19(15-34-21-8-6-20(7-9-21)27(28,29)30)5-11-25(23)36-24-12-10-22(17(2)18(24)3)35-16-26(31)32/h5-12,14H,4,13,15-16H2,1-3H3,(H,31,32). The van der Waals surface area contributed by atoms with Crippen LogP contribution in [-0.2, 0) is 17.6 Å². The van der Waals surface area contributed by atoms with Crippen LogP contribution in [0, 0.1) is 13.8 Å². The first-order chi connectivity index (χ1) is 17.1. The Labute approximate surface area is 212 Å². The van der Waals surface area contributed by atoms with Gasteiger partial charge in [0.25, 0.3) is 0 Å². The highest BCUT2D eigenvalue weighted by molar-refractivity contribution is 7.99. The van der Waals surface area contributed by atoms with Crippen LogP contribution in [0.25, 0.3) is 0 Å². The first kappa shape index (κ1) is 27.3. The predicted molar refractivity (Wildman–Crippen MR) is 131 cm³/mol. The Kier molecular flexibility index (Phi) is 9.14. The summed E-state index contributed by atoms with van der Waals surface area (Å²) in [7, 11) is 0. The maximum Gasteiger partial charge on any atom is 0.416 e. The molecule has 0 spiro atoms. The Morgan fingerprint density at radius 1 is 0.889 bits per heavy atom. The third kappa shape index (κ3) is 7.34. The molecule has 0 aromatic heterocycles. The minimum absolute atomic E-state index is 0.173. The van der Waals surface area contributed by atoms with Gasteiger partial charge in [0.05, 0.1) is 17.1 Å². The number of carboxylic acid groups (broad SMARTS) is 1. The van der Waals surface area contributed by atoms with Crippen molar-refractivity contribution in [2.75, 3.05) is 13.2 Å². The van der Waals surface area contributed by atoms with E-state index in [0.29, 0.717) is 23.9 Å². The van der Waals surface area contributed by atoms with Crippen molar-refractivity contribution in [1.29, 1.82) is 0 Å². The van der Waals surface area contributed by atoms with E-state index in [4.69, 9.17) is 19.3 Å². The summed E-state index contributed by atoms with van der Waals surface area (Å²) in [6.45, 7) is 6.13. The first-order valence-corrected chi connectivity index (χ1v) is 12.1. The first-order valence-electron chi connectivity index (χ1n) is 11.3. The van der Waals surface area contributed by atoms with Gasteiger partial charge in [-0.3, -0.25) is 0 Å². The second kappa shape index (κ2) is 12.1. The zero-order valence-corrected chi connectivity index (χ0v) is 21.0. The maximum atomic E-state index is 12.8. The van der Waals surface area contributed by atoms with Crippen LogP contribution in [0.15, 0.2) is 64.4 Å². The van der Waals surface area contributed by atoms with Crippen molar-refractivity contribution in [2.24, 2.45) is 0 Å². The van der Waals surface area contributed by atoms with Crippen LogP contribution in [0.5, 0.6) is 17.2 Å². The number of rotatable bonds is 11. The molecular formula is C27H27F3O5S. The van der Waals surface area contributed by atoms with Crippen molar-refractivity contribution in [3.8, 4) is 17.2 Å². The highest BCUT2D eigenvalue weighted by atomic mass is 32.2. The number of halogens is 3. The number of aliphatic carboxylic acids is 1. The second-order valence-corrected chi connectivity index (χ2v) is 9.12. The molecule has 36 heavy (non-hydrogen) atoms. The molecule has 3 aromatic rings. The lowest BCUT2D eigenvalue weighted by atomic mass is 10.1. The van der Waals surface area contributed by atoms with Crippen LogP contribution in [0.2, 0.25) is 0 Å². The Hall–Kier alpha value is -3.33. The molecule has 0 radical (unpaired) electrons. The van der Waals surface area contributed by atoms with Gasteiger partial charge < -0.3 is 19.3 Å². The summed E-state index contributed by atoms with van der Waals surface area (Å²) in [5.41, 5.74) is 1.92. The van der Waals surface area contributed by atoms with E-state index in [1.165, 1.54) is 23.9 Å². The summed E-state index contributed by atoms with van der Waals surface area (Å²) in [5.74, 6) is 0.510.